The molecule has 0 radical (unpaired) electrons. The molecule has 0 aliphatic heterocycles. The molecule has 0 aromatic heterocycles. The number of rotatable bonds is 4. The Morgan fingerprint density at radius 2 is 1.90 bits per heavy atom. The number of hydrogen-bond acceptors (Lipinski definition) is 4. The normalized spacial score (nSPS) is 11.3. The van der Waals surface area contributed by atoms with Gasteiger partial charge in [-0.15, -0.1) is 0 Å². The lowest BCUT2D eigenvalue weighted by atomic mass is 10.2. The third-order valence-corrected chi connectivity index (χ3v) is 3.64. The summed E-state index contributed by atoms with van der Waals surface area (Å²) in [6, 6.07) is 10.4. The molecule has 2 aromatic carbocycles. The minimum absolute atomic E-state index is 0.0890. The topological polar surface area (TPSA) is 98.2 Å². The number of sulfonamides is 1. The Morgan fingerprint density at radius 3 is 2.55 bits per heavy atom. The van der Waals surface area contributed by atoms with Crippen molar-refractivity contribution in [1.29, 1.82) is 0 Å². The Labute approximate surface area is 116 Å². The average Bonchev–Trinajstić information content (AvgIpc) is 2.36. The summed E-state index contributed by atoms with van der Waals surface area (Å²) in [7, 11) is -3.89. The average molecular weight is 295 g/mol. The van der Waals surface area contributed by atoms with Gasteiger partial charge in [-0.1, -0.05) is 12.1 Å². The maximum Gasteiger partial charge on any atom is 0.240 e. The molecule has 0 spiro atoms. The summed E-state index contributed by atoms with van der Waals surface area (Å²) in [4.78, 5) is -0.0890. The minimum atomic E-state index is -3.89. The zero-order valence-electron chi connectivity index (χ0n) is 10.5. The number of nitrogen functional groups attached to an aromatic ring is 1. The summed E-state index contributed by atoms with van der Waals surface area (Å²) >= 11 is 0. The van der Waals surface area contributed by atoms with Crippen molar-refractivity contribution in [2.75, 3.05) is 11.1 Å². The van der Waals surface area contributed by atoms with Crippen molar-refractivity contribution in [2.45, 2.75) is 11.4 Å². The van der Waals surface area contributed by atoms with Gasteiger partial charge in [-0.25, -0.2) is 17.9 Å². The van der Waals surface area contributed by atoms with E-state index >= 15 is 0 Å². The number of halogens is 1. The van der Waals surface area contributed by atoms with E-state index in [1.165, 1.54) is 24.3 Å². The molecule has 5 nitrogen and oxygen atoms in total. The highest BCUT2D eigenvalue weighted by Crippen LogP contribution is 2.23. The summed E-state index contributed by atoms with van der Waals surface area (Å²) in [5.41, 5.74) is 6.86. The van der Waals surface area contributed by atoms with Crippen LogP contribution in [0.2, 0.25) is 0 Å². The molecule has 106 valence electrons. The van der Waals surface area contributed by atoms with Crippen LogP contribution in [-0.4, -0.2) is 8.42 Å². The Bertz CT molecular complexity index is 732. The van der Waals surface area contributed by atoms with Gasteiger partial charge in [0, 0.05) is 12.2 Å². The van der Waals surface area contributed by atoms with Crippen molar-refractivity contribution in [3.05, 3.63) is 53.8 Å². The maximum absolute atomic E-state index is 13.1. The molecule has 2 aromatic rings. The zero-order chi connectivity index (χ0) is 14.8. The smallest absolute Gasteiger partial charge is 0.240 e. The number of nitrogens with one attached hydrogen (secondary N) is 1. The summed E-state index contributed by atoms with van der Waals surface area (Å²) < 4.78 is 36.0. The van der Waals surface area contributed by atoms with Gasteiger partial charge < -0.3 is 11.1 Å². The van der Waals surface area contributed by atoms with Crippen LogP contribution in [0.4, 0.5) is 15.8 Å². The standard InChI is InChI=1S/C13H14FN3O2S/c14-10-3-1-2-9(6-10)8-17-12-5-4-11(15)7-13(12)20(16,18)19/h1-7,17H,8,15H2,(H2,16,18,19). The van der Waals surface area contributed by atoms with E-state index in [4.69, 9.17) is 10.9 Å². The molecule has 0 atom stereocenters. The van der Waals surface area contributed by atoms with Gasteiger partial charge in [-0.3, -0.25) is 0 Å². The van der Waals surface area contributed by atoms with Crippen LogP contribution in [0.1, 0.15) is 5.56 Å². The van der Waals surface area contributed by atoms with E-state index in [9.17, 15) is 12.8 Å². The van der Waals surface area contributed by atoms with Crippen LogP contribution in [0, 0.1) is 5.82 Å². The fraction of sp³-hybridized carbons (Fsp3) is 0.0769. The lowest BCUT2D eigenvalue weighted by Gasteiger charge is -2.11. The summed E-state index contributed by atoms with van der Waals surface area (Å²) in [6.45, 7) is 0.268. The summed E-state index contributed by atoms with van der Waals surface area (Å²) in [5, 5.41) is 8.05. The lowest BCUT2D eigenvalue weighted by Crippen LogP contribution is -2.15. The van der Waals surface area contributed by atoms with Gasteiger partial charge in [0.05, 0.1) is 5.69 Å². The number of anilines is 2. The highest BCUT2D eigenvalue weighted by Gasteiger charge is 2.14. The molecule has 0 aliphatic carbocycles. The monoisotopic (exact) mass is 295 g/mol. The second-order valence-corrected chi connectivity index (χ2v) is 5.81. The van der Waals surface area contributed by atoms with Gasteiger partial charge in [0.25, 0.3) is 0 Å². The van der Waals surface area contributed by atoms with E-state index in [1.54, 1.807) is 18.2 Å². The van der Waals surface area contributed by atoms with E-state index in [-0.39, 0.29) is 17.3 Å². The van der Waals surface area contributed by atoms with Crippen LogP contribution in [0.25, 0.3) is 0 Å². The van der Waals surface area contributed by atoms with E-state index < -0.39 is 10.0 Å². The SMILES string of the molecule is Nc1ccc(NCc2cccc(F)c2)c(S(N)(=O)=O)c1. The quantitative estimate of drug-likeness (QED) is 0.747. The van der Waals surface area contributed by atoms with E-state index in [0.717, 1.165) is 0 Å². The van der Waals surface area contributed by atoms with Crippen LogP contribution in [0.3, 0.4) is 0 Å². The van der Waals surface area contributed by atoms with Gasteiger partial charge in [0.15, 0.2) is 0 Å². The molecule has 0 amide bonds. The molecule has 0 saturated carbocycles. The second-order valence-electron chi connectivity index (χ2n) is 4.28. The zero-order valence-corrected chi connectivity index (χ0v) is 11.3. The van der Waals surface area contributed by atoms with Crippen molar-refractivity contribution in [2.24, 2.45) is 5.14 Å². The van der Waals surface area contributed by atoms with Gasteiger partial charge in [-0.05, 0) is 35.9 Å². The first kappa shape index (κ1) is 14.3. The fourth-order valence-electron chi connectivity index (χ4n) is 1.76. The third-order valence-electron chi connectivity index (χ3n) is 2.68. The molecule has 2 rings (SSSR count). The number of hydrogen-bond donors (Lipinski definition) is 3. The van der Waals surface area contributed by atoms with Gasteiger partial charge in [-0.2, -0.15) is 0 Å². The largest absolute Gasteiger partial charge is 0.399 e. The van der Waals surface area contributed by atoms with Crippen molar-refractivity contribution >= 4 is 21.4 Å². The first-order chi connectivity index (χ1) is 9.36. The minimum Gasteiger partial charge on any atom is -0.399 e. The Morgan fingerprint density at radius 1 is 1.15 bits per heavy atom. The maximum atomic E-state index is 13.1. The molecule has 7 heteroatoms. The highest BCUT2D eigenvalue weighted by atomic mass is 32.2. The Balaban J connectivity index is 2.26. The molecular formula is C13H14FN3O2S. The fourth-order valence-corrected chi connectivity index (χ4v) is 2.51. The van der Waals surface area contributed by atoms with Crippen molar-refractivity contribution in [3.8, 4) is 0 Å². The second kappa shape index (κ2) is 5.48. The van der Waals surface area contributed by atoms with Gasteiger partial charge >= 0.3 is 0 Å². The van der Waals surface area contributed by atoms with Crippen molar-refractivity contribution in [1.82, 2.24) is 0 Å². The first-order valence-electron chi connectivity index (χ1n) is 5.77. The van der Waals surface area contributed by atoms with Crippen LogP contribution in [0.15, 0.2) is 47.4 Å². The van der Waals surface area contributed by atoms with E-state index in [0.29, 0.717) is 16.9 Å². The third kappa shape index (κ3) is 3.46. The van der Waals surface area contributed by atoms with Gasteiger partial charge in [0.2, 0.25) is 10.0 Å². The molecule has 0 unspecified atom stereocenters. The molecule has 0 fully saturated rings. The van der Waals surface area contributed by atoms with Crippen molar-refractivity contribution < 1.29 is 12.8 Å². The Hall–Kier alpha value is -2.12. The molecule has 20 heavy (non-hydrogen) atoms. The Kier molecular flexibility index (Phi) is 3.91. The number of benzene rings is 2. The first-order valence-corrected chi connectivity index (χ1v) is 7.31. The molecule has 0 heterocycles. The van der Waals surface area contributed by atoms with Crippen LogP contribution >= 0.6 is 0 Å². The van der Waals surface area contributed by atoms with Gasteiger partial charge in [0.1, 0.15) is 10.7 Å². The summed E-state index contributed by atoms with van der Waals surface area (Å²) in [6.07, 6.45) is 0. The molecule has 0 bridgehead atoms. The molecule has 0 aliphatic rings. The number of nitrogens with two attached hydrogens (primary N) is 2. The van der Waals surface area contributed by atoms with Crippen LogP contribution in [-0.2, 0) is 16.6 Å². The molecule has 0 saturated heterocycles. The lowest BCUT2D eigenvalue weighted by molar-refractivity contribution is 0.598. The highest BCUT2D eigenvalue weighted by molar-refractivity contribution is 7.89. The van der Waals surface area contributed by atoms with E-state index in [2.05, 4.69) is 5.32 Å². The van der Waals surface area contributed by atoms with E-state index in [1.807, 2.05) is 0 Å². The number of primary sulfonamides is 1. The predicted octanol–water partition coefficient (Wildman–Crippen LogP) is 1.67. The molecular weight excluding hydrogens is 281 g/mol. The molecule has 5 N–H and O–H groups in total. The van der Waals surface area contributed by atoms with Crippen LogP contribution in [0.5, 0.6) is 0 Å². The van der Waals surface area contributed by atoms with Crippen molar-refractivity contribution in [3.63, 3.8) is 0 Å². The predicted molar refractivity (Wildman–Crippen MR) is 76.0 cm³/mol. The summed E-state index contributed by atoms with van der Waals surface area (Å²) in [5.74, 6) is -0.353. The van der Waals surface area contributed by atoms with Crippen LogP contribution < -0.4 is 16.2 Å².